The number of hydrogen-bond acceptors (Lipinski definition) is 4. The van der Waals surface area contributed by atoms with Crippen LogP contribution in [0.3, 0.4) is 0 Å². The summed E-state index contributed by atoms with van der Waals surface area (Å²) < 4.78 is 14.9. The first-order valence-electron chi connectivity index (χ1n) is 3.77. The highest BCUT2D eigenvalue weighted by atomic mass is 16.5. The molecule has 0 saturated heterocycles. The fraction of sp³-hybridized carbons (Fsp3) is 0.625. The van der Waals surface area contributed by atoms with E-state index < -0.39 is 0 Å². The largest absolute Gasteiger partial charge is 0.479 e. The van der Waals surface area contributed by atoms with Gasteiger partial charge in [0.1, 0.15) is 5.76 Å². The molecule has 1 aromatic heterocycles. The Morgan fingerprint density at radius 2 is 2.17 bits per heavy atom. The summed E-state index contributed by atoms with van der Waals surface area (Å²) in [6.45, 7) is 2.51. The Bertz CT molecular complexity index is 244. The van der Waals surface area contributed by atoms with Crippen molar-refractivity contribution < 1.29 is 14.0 Å². The van der Waals surface area contributed by atoms with Crippen LogP contribution in [0.5, 0.6) is 5.88 Å². The van der Waals surface area contributed by atoms with Crippen LogP contribution in [-0.4, -0.2) is 26.0 Å². The van der Waals surface area contributed by atoms with E-state index in [1.807, 2.05) is 6.92 Å². The standard InChI is InChI=1S/C8H13NO3/c1-6-7(4-5-10-2)8(11-3)9-12-6/h4-5H2,1-3H3. The van der Waals surface area contributed by atoms with E-state index in [1.54, 1.807) is 14.2 Å². The number of hydrogen-bond donors (Lipinski definition) is 0. The minimum absolute atomic E-state index is 0.560. The number of aryl methyl sites for hydroxylation is 1. The van der Waals surface area contributed by atoms with Gasteiger partial charge in [0.25, 0.3) is 5.88 Å². The number of methoxy groups -OCH3 is 2. The van der Waals surface area contributed by atoms with Crippen LogP contribution in [0.15, 0.2) is 4.52 Å². The van der Waals surface area contributed by atoms with Crippen LogP contribution in [-0.2, 0) is 11.2 Å². The van der Waals surface area contributed by atoms with Gasteiger partial charge in [-0.05, 0) is 12.1 Å². The second kappa shape index (κ2) is 4.11. The molecule has 0 aliphatic rings. The van der Waals surface area contributed by atoms with Crippen molar-refractivity contribution in [2.75, 3.05) is 20.8 Å². The van der Waals surface area contributed by atoms with Crippen molar-refractivity contribution in [3.05, 3.63) is 11.3 Å². The van der Waals surface area contributed by atoms with Gasteiger partial charge < -0.3 is 14.0 Å². The van der Waals surface area contributed by atoms with Crippen molar-refractivity contribution >= 4 is 0 Å². The van der Waals surface area contributed by atoms with E-state index in [-0.39, 0.29) is 0 Å². The summed E-state index contributed by atoms with van der Waals surface area (Å²) in [6, 6.07) is 0. The van der Waals surface area contributed by atoms with Crippen molar-refractivity contribution in [3.63, 3.8) is 0 Å². The summed E-state index contributed by atoms with van der Waals surface area (Å²) in [4.78, 5) is 0. The van der Waals surface area contributed by atoms with Crippen LogP contribution in [0.4, 0.5) is 0 Å². The van der Waals surface area contributed by atoms with Gasteiger partial charge in [-0.2, -0.15) is 0 Å². The van der Waals surface area contributed by atoms with Gasteiger partial charge in [0.2, 0.25) is 0 Å². The topological polar surface area (TPSA) is 44.5 Å². The normalized spacial score (nSPS) is 10.2. The molecule has 0 radical (unpaired) electrons. The number of nitrogens with zero attached hydrogens (tertiary/aromatic N) is 1. The van der Waals surface area contributed by atoms with Gasteiger partial charge in [0, 0.05) is 13.5 Å². The first-order chi connectivity index (χ1) is 5.79. The lowest BCUT2D eigenvalue weighted by Gasteiger charge is -1.99. The third-order valence-electron chi connectivity index (χ3n) is 1.70. The predicted molar refractivity (Wildman–Crippen MR) is 43.4 cm³/mol. The van der Waals surface area contributed by atoms with Crippen LogP contribution in [0.2, 0.25) is 0 Å². The molecule has 0 fully saturated rings. The Morgan fingerprint density at radius 3 is 2.75 bits per heavy atom. The van der Waals surface area contributed by atoms with Crippen LogP contribution in [0.25, 0.3) is 0 Å². The summed E-state index contributed by atoms with van der Waals surface area (Å²) >= 11 is 0. The summed E-state index contributed by atoms with van der Waals surface area (Å²) in [6.07, 6.45) is 0.773. The van der Waals surface area contributed by atoms with E-state index in [1.165, 1.54) is 0 Å². The van der Waals surface area contributed by atoms with E-state index in [2.05, 4.69) is 5.16 Å². The van der Waals surface area contributed by atoms with Crippen molar-refractivity contribution in [2.24, 2.45) is 0 Å². The van der Waals surface area contributed by atoms with Gasteiger partial charge in [-0.1, -0.05) is 0 Å². The average Bonchev–Trinajstić information content (AvgIpc) is 2.43. The van der Waals surface area contributed by atoms with Crippen LogP contribution < -0.4 is 4.74 Å². The predicted octanol–water partition coefficient (Wildman–Crippen LogP) is 1.18. The SMILES string of the molecule is COCCc1c(OC)noc1C. The summed E-state index contributed by atoms with van der Waals surface area (Å²) in [5, 5.41) is 3.73. The Morgan fingerprint density at radius 1 is 1.42 bits per heavy atom. The van der Waals surface area contributed by atoms with Crippen molar-refractivity contribution in [1.29, 1.82) is 0 Å². The lowest BCUT2D eigenvalue weighted by Crippen LogP contribution is -1.97. The molecular formula is C8H13NO3. The Balaban J connectivity index is 2.72. The Kier molecular flexibility index (Phi) is 3.10. The second-order valence-corrected chi connectivity index (χ2v) is 2.47. The molecule has 1 rings (SSSR count). The smallest absolute Gasteiger partial charge is 0.257 e. The Labute approximate surface area is 71.4 Å². The second-order valence-electron chi connectivity index (χ2n) is 2.47. The highest BCUT2D eigenvalue weighted by molar-refractivity contribution is 5.27. The van der Waals surface area contributed by atoms with E-state index >= 15 is 0 Å². The molecule has 0 unspecified atom stereocenters. The zero-order valence-electron chi connectivity index (χ0n) is 7.59. The third-order valence-corrected chi connectivity index (χ3v) is 1.70. The summed E-state index contributed by atoms with van der Waals surface area (Å²) in [5.74, 6) is 1.36. The molecule has 1 heterocycles. The lowest BCUT2D eigenvalue weighted by molar-refractivity contribution is 0.201. The highest BCUT2D eigenvalue weighted by Crippen LogP contribution is 2.20. The van der Waals surface area contributed by atoms with Gasteiger partial charge in [-0.15, -0.1) is 0 Å². The maximum Gasteiger partial charge on any atom is 0.257 e. The van der Waals surface area contributed by atoms with Gasteiger partial charge in [0.05, 0.1) is 19.3 Å². The maximum atomic E-state index is 5.00. The van der Waals surface area contributed by atoms with Gasteiger partial charge in [0.15, 0.2) is 0 Å². The fourth-order valence-electron chi connectivity index (χ4n) is 1.02. The van der Waals surface area contributed by atoms with Crippen LogP contribution in [0, 0.1) is 6.92 Å². The maximum absolute atomic E-state index is 5.00. The van der Waals surface area contributed by atoms with E-state index in [0.29, 0.717) is 12.5 Å². The van der Waals surface area contributed by atoms with Crippen molar-refractivity contribution in [3.8, 4) is 5.88 Å². The minimum Gasteiger partial charge on any atom is -0.479 e. The fourth-order valence-corrected chi connectivity index (χ4v) is 1.02. The molecule has 12 heavy (non-hydrogen) atoms. The molecule has 0 amide bonds. The third kappa shape index (κ3) is 1.76. The molecule has 0 aromatic carbocycles. The molecule has 0 N–H and O–H groups in total. The number of ether oxygens (including phenoxy) is 2. The minimum atomic E-state index is 0.560. The lowest BCUT2D eigenvalue weighted by atomic mass is 10.2. The van der Waals surface area contributed by atoms with Gasteiger partial charge >= 0.3 is 0 Å². The molecule has 4 nitrogen and oxygen atoms in total. The molecule has 0 saturated carbocycles. The van der Waals surface area contributed by atoms with E-state index in [4.69, 9.17) is 14.0 Å². The van der Waals surface area contributed by atoms with E-state index in [9.17, 15) is 0 Å². The first-order valence-corrected chi connectivity index (χ1v) is 3.77. The molecular weight excluding hydrogens is 158 g/mol. The zero-order valence-corrected chi connectivity index (χ0v) is 7.59. The zero-order chi connectivity index (χ0) is 8.97. The van der Waals surface area contributed by atoms with Crippen molar-refractivity contribution in [1.82, 2.24) is 5.16 Å². The average molecular weight is 171 g/mol. The number of rotatable bonds is 4. The van der Waals surface area contributed by atoms with Gasteiger partial charge in [-0.25, -0.2) is 0 Å². The molecule has 0 aliphatic carbocycles. The monoisotopic (exact) mass is 171 g/mol. The molecule has 0 bridgehead atoms. The van der Waals surface area contributed by atoms with Crippen LogP contribution in [0.1, 0.15) is 11.3 Å². The van der Waals surface area contributed by atoms with Gasteiger partial charge in [-0.3, -0.25) is 0 Å². The molecule has 4 heteroatoms. The molecule has 1 aromatic rings. The molecule has 0 aliphatic heterocycles. The quantitative estimate of drug-likeness (QED) is 0.682. The molecule has 0 spiro atoms. The molecule has 68 valence electrons. The molecule has 0 atom stereocenters. The first kappa shape index (κ1) is 9.06. The Hall–Kier alpha value is -1.03. The summed E-state index contributed by atoms with van der Waals surface area (Å²) in [7, 11) is 3.24. The van der Waals surface area contributed by atoms with E-state index in [0.717, 1.165) is 17.7 Å². The summed E-state index contributed by atoms with van der Waals surface area (Å²) in [5.41, 5.74) is 0.986. The number of aromatic nitrogens is 1. The van der Waals surface area contributed by atoms with Crippen molar-refractivity contribution in [2.45, 2.75) is 13.3 Å². The van der Waals surface area contributed by atoms with Crippen LogP contribution >= 0.6 is 0 Å². The highest BCUT2D eigenvalue weighted by Gasteiger charge is 2.11.